The average molecular weight is 1010 g/mol. The van der Waals surface area contributed by atoms with Gasteiger partial charge in [-0.3, -0.25) is 4.98 Å². The van der Waals surface area contributed by atoms with Gasteiger partial charge in [0.15, 0.2) is 0 Å². The molecule has 3 heterocycles. The van der Waals surface area contributed by atoms with Crippen molar-refractivity contribution in [2.24, 2.45) is 0 Å². The molecule has 6 heteroatoms. The summed E-state index contributed by atoms with van der Waals surface area (Å²) in [5, 5.41) is 3.81. The molecular formula is C57H52IrN4Si-2. The summed E-state index contributed by atoms with van der Waals surface area (Å²) < 4.78 is 4.72. The summed E-state index contributed by atoms with van der Waals surface area (Å²) in [6.07, 6.45) is 2.03. The molecule has 1 radical (unpaired) electrons. The van der Waals surface area contributed by atoms with Crippen molar-refractivity contribution in [2.75, 3.05) is 0 Å². The third-order valence-electron chi connectivity index (χ3n) is 11.8. The van der Waals surface area contributed by atoms with Crippen molar-refractivity contribution < 1.29 is 20.1 Å². The van der Waals surface area contributed by atoms with Crippen molar-refractivity contribution in [3.8, 4) is 45.1 Å². The van der Waals surface area contributed by atoms with E-state index in [0.717, 1.165) is 44.9 Å². The van der Waals surface area contributed by atoms with Crippen LogP contribution in [0.25, 0.3) is 78.0 Å². The van der Waals surface area contributed by atoms with Crippen LogP contribution < -0.4 is 5.19 Å². The number of rotatable bonds is 8. The Balaban J connectivity index is 0.000000201. The van der Waals surface area contributed by atoms with Crippen LogP contribution in [0.5, 0.6) is 0 Å². The second-order valence-corrected chi connectivity index (χ2v) is 22.8. The number of para-hydroxylation sites is 5. The van der Waals surface area contributed by atoms with Gasteiger partial charge in [0.2, 0.25) is 0 Å². The van der Waals surface area contributed by atoms with E-state index in [0.29, 0.717) is 11.8 Å². The van der Waals surface area contributed by atoms with Crippen LogP contribution in [0.4, 0.5) is 0 Å². The van der Waals surface area contributed by atoms with Crippen LogP contribution in [0.3, 0.4) is 0 Å². The fourth-order valence-electron chi connectivity index (χ4n) is 8.52. The second-order valence-electron chi connectivity index (χ2n) is 17.7. The van der Waals surface area contributed by atoms with Gasteiger partial charge in [0, 0.05) is 43.2 Å². The van der Waals surface area contributed by atoms with E-state index < -0.39 is 8.07 Å². The molecule has 0 saturated carbocycles. The largest absolute Gasteiger partial charge is 0.351 e. The van der Waals surface area contributed by atoms with Crippen LogP contribution >= 0.6 is 0 Å². The smallest absolute Gasteiger partial charge is 0.0795 e. The maximum absolute atomic E-state index is 5.24. The third-order valence-corrected chi connectivity index (χ3v) is 13.8. The second kappa shape index (κ2) is 18.3. The molecule has 0 aliphatic rings. The zero-order valence-electron chi connectivity index (χ0n) is 37.0. The van der Waals surface area contributed by atoms with Crippen molar-refractivity contribution in [2.45, 2.75) is 59.2 Å². The molecule has 0 N–H and O–H groups in total. The minimum Gasteiger partial charge on any atom is -0.351 e. The van der Waals surface area contributed by atoms with E-state index in [2.05, 4.69) is 231 Å². The van der Waals surface area contributed by atoms with Gasteiger partial charge in [-0.05, 0) is 80.6 Å². The Labute approximate surface area is 386 Å². The van der Waals surface area contributed by atoms with E-state index in [-0.39, 0.29) is 20.1 Å². The number of imidazole rings is 1. The minimum absolute atomic E-state index is 0. The van der Waals surface area contributed by atoms with Crippen LogP contribution in [0, 0.1) is 12.1 Å². The molecule has 0 bridgehead atoms. The summed E-state index contributed by atoms with van der Waals surface area (Å²) in [5.74, 6) is 1.67. The first-order valence-corrected chi connectivity index (χ1v) is 25.2. The van der Waals surface area contributed by atoms with E-state index in [1.807, 2.05) is 18.3 Å². The minimum atomic E-state index is -1.29. The van der Waals surface area contributed by atoms with Gasteiger partial charge in [0.05, 0.1) is 24.9 Å². The number of pyridine rings is 1. The molecule has 63 heavy (non-hydrogen) atoms. The maximum Gasteiger partial charge on any atom is 0.0795 e. The van der Waals surface area contributed by atoms with Crippen LogP contribution in [-0.4, -0.2) is 27.2 Å². The summed E-state index contributed by atoms with van der Waals surface area (Å²) in [5.41, 5.74) is 14.9. The molecule has 0 aliphatic carbocycles. The van der Waals surface area contributed by atoms with Gasteiger partial charge in [0.1, 0.15) is 0 Å². The number of nitrogens with zero attached hydrogens (tertiary/aromatic N) is 4. The number of hydrogen-bond acceptors (Lipinski definition) is 2. The number of aromatic nitrogens is 4. The Bertz CT molecular complexity index is 3130. The van der Waals surface area contributed by atoms with Gasteiger partial charge in [-0.2, -0.15) is 0 Å². The van der Waals surface area contributed by atoms with Gasteiger partial charge in [-0.15, -0.1) is 59.2 Å². The van der Waals surface area contributed by atoms with Crippen molar-refractivity contribution in [3.63, 3.8) is 0 Å². The standard InChI is InChI=1S/C37H32N3.C20H20NSi.Ir/c1-24(2)28-16-12-17-29(25(3)4)36(28)40-35-20-11-9-18-32(35)38-37(40)26-21-22-34-31(23-26)30-15-8-10-19-33(30)39(34)27-13-6-5-7-14-27;1-22(2,3)19-12-13-20(21-15-19)18-11-7-10-17(14-18)16-8-5-4-6-9-16;/h5-20,22-25H,1-4H3;4-10,12-15H,1-3H3;/q2*-1;. The molecule has 0 aliphatic heterocycles. The Morgan fingerprint density at radius 2 is 1.19 bits per heavy atom. The fraction of sp³-hybridized carbons (Fsp3) is 0.158. The quantitative estimate of drug-likeness (QED) is 0.112. The van der Waals surface area contributed by atoms with Gasteiger partial charge >= 0.3 is 0 Å². The third kappa shape index (κ3) is 8.64. The zero-order chi connectivity index (χ0) is 43.0. The van der Waals surface area contributed by atoms with Gasteiger partial charge in [-0.1, -0.05) is 162 Å². The van der Waals surface area contributed by atoms with E-state index >= 15 is 0 Å². The van der Waals surface area contributed by atoms with E-state index in [1.165, 1.54) is 49.4 Å². The number of hydrogen-bond donors (Lipinski definition) is 0. The molecule has 315 valence electrons. The molecule has 0 saturated heterocycles. The molecule has 0 unspecified atom stereocenters. The van der Waals surface area contributed by atoms with Gasteiger partial charge in [0.25, 0.3) is 0 Å². The van der Waals surface area contributed by atoms with Gasteiger partial charge in [-0.25, -0.2) is 0 Å². The van der Waals surface area contributed by atoms with Crippen molar-refractivity contribution in [1.29, 1.82) is 0 Å². The molecule has 7 aromatic carbocycles. The van der Waals surface area contributed by atoms with Crippen LogP contribution in [-0.2, 0) is 20.1 Å². The number of fused-ring (bicyclic) bond motifs is 4. The van der Waals surface area contributed by atoms with Crippen molar-refractivity contribution >= 4 is 46.1 Å². The van der Waals surface area contributed by atoms with Crippen LogP contribution in [0.2, 0.25) is 19.6 Å². The summed E-state index contributed by atoms with van der Waals surface area (Å²) in [6.45, 7) is 16.1. The maximum atomic E-state index is 5.24. The van der Waals surface area contributed by atoms with Gasteiger partial charge < -0.3 is 14.1 Å². The monoisotopic (exact) mass is 1010 g/mol. The molecule has 10 aromatic rings. The Kier molecular flexibility index (Phi) is 12.6. The fourth-order valence-corrected chi connectivity index (χ4v) is 9.55. The number of benzene rings is 7. The molecule has 0 atom stereocenters. The Morgan fingerprint density at radius 1 is 0.540 bits per heavy atom. The predicted molar refractivity (Wildman–Crippen MR) is 265 cm³/mol. The molecule has 3 aromatic heterocycles. The van der Waals surface area contributed by atoms with Crippen molar-refractivity contribution in [1.82, 2.24) is 19.1 Å². The zero-order valence-corrected chi connectivity index (χ0v) is 40.4. The summed E-state index contributed by atoms with van der Waals surface area (Å²) in [6, 6.07) is 66.8. The van der Waals surface area contributed by atoms with Crippen LogP contribution in [0.15, 0.2) is 176 Å². The SMILES string of the molecule is CC(C)c1cccc(C(C)C)c1-n1c(-c2[c-]cc3c(c2)c2ccccc2n3-c2ccccc2)nc2ccccc21.C[Si](C)(C)c1ccc(-c2[c-]ccc(-c3ccccc3)c2)nc1.[Ir]. The van der Waals surface area contributed by atoms with E-state index in [1.54, 1.807) is 0 Å². The summed E-state index contributed by atoms with van der Waals surface area (Å²) in [4.78, 5) is 9.89. The average Bonchev–Trinajstić information content (AvgIpc) is 3.85. The molecule has 4 nitrogen and oxygen atoms in total. The van der Waals surface area contributed by atoms with Crippen LogP contribution in [0.1, 0.15) is 50.7 Å². The Morgan fingerprint density at radius 3 is 1.86 bits per heavy atom. The van der Waals surface area contributed by atoms with E-state index in [4.69, 9.17) is 4.98 Å². The molecule has 0 amide bonds. The van der Waals surface area contributed by atoms with Crippen molar-refractivity contribution in [3.05, 3.63) is 199 Å². The summed E-state index contributed by atoms with van der Waals surface area (Å²) >= 11 is 0. The Hall–Kier alpha value is -6.17. The molecule has 0 fully saturated rings. The molecule has 0 spiro atoms. The first kappa shape index (κ1) is 43.5. The molecular weight excluding hydrogens is 961 g/mol. The molecule has 10 rings (SSSR count). The van der Waals surface area contributed by atoms with E-state index in [9.17, 15) is 0 Å². The first-order chi connectivity index (χ1) is 30.1. The predicted octanol–water partition coefficient (Wildman–Crippen LogP) is 14.6. The first-order valence-electron chi connectivity index (χ1n) is 21.7. The topological polar surface area (TPSA) is 35.6 Å². The normalized spacial score (nSPS) is 11.6. The summed E-state index contributed by atoms with van der Waals surface area (Å²) in [7, 11) is -1.29.